The Morgan fingerprint density at radius 3 is 1.91 bits per heavy atom. The van der Waals surface area contributed by atoms with E-state index in [1.165, 1.54) is 12.1 Å². The molecule has 1 aliphatic rings. The van der Waals surface area contributed by atoms with E-state index < -0.39 is 55.3 Å². The Morgan fingerprint density at radius 1 is 0.771 bits per heavy atom. The topological polar surface area (TPSA) is 147 Å². The Kier molecular flexibility index (Phi) is 6.05. The second kappa shape index (κ2) is 8.99. The SMILES string of the molecule is NC(=O)NS(=O)(=O)c1cccc(C(=O)C(C(=O)c2cc(F)cc(F)c2)=C2Nc3ccccc3N2)c1. The second-order valence-electron chi connectivity index (χ2n) is 7.36. The number of anilines is 2. The molecule has 0 saturated carbocycles. The number of amides is 2. The normalized spacial score (nSPS) is 12.2. The molecule has 1 heterocycles. The predicted octanol–water partition coefficient (Wildman–Crippen LogP) is 3.14. The lowest BCUT2D eigenvalue weighted by Gasteiger charge is -2.12. The molecule has 0 saturated heterocycles. The highest BCUT2D eigenvalue weighted by atomic mass is 32.2. The van der Waals surface area contributed by atoms with Crippen LogP contribution >= 0.6 is 0 Å². The van der Waals surface area contributed by atoms with Crippen molar-refractivity contribution in [3.63, 3.8) is 0 Å². The molecule has 35 heavy (non-hydrogen) atoms. The maximum atomic E-state index is 13.8. The first-order chi connectivity index (χ1) is 16.5. The number of rotatable bonds is 6. The van der Waals surface area contributed by atoms with Gasteiger partial charge in [-0.15, -0.1) is 0 Å². The van der Waals surface area contributed by atoms with Gasteiger partial charge in [0.25, 0.3) is 10.0 Å². The van der Waals surface area contributed by atoms with Gasteiger partial charge in [-0.3, -0.25) is 9.59 Å². The molecule has 178 valence electrons. The number of sulfonamides is 1. The molecule has 3 aromatic carbocycles. The largest absolute Gasteiger partial charge is 0.351 e. The van der Waals surface area contributed by atoms with Gasteiger partial charge in [-0.25, -0.2) is 26.7 Å². The second-order valence-corrected chi connectivity index (χ2v) is 9.04. The molecule has 0 aliphatic carbocycles. The zero-order chi connectivity index (χ0) is 25.3. The number of hydrogen-bond acceptors (Lipinski definition) is 7. The number of carbonyl (C=O) groups is 3. The van der Waals surface area contributed by atoms with Gasteiger partial charge in [-0.05, 0) is 36.4 Å². The first-order valence-electron chi connectivity index (χ1n) is 9.90. The minimum Gasteiger partial charge on any atom is -0.351 e. The summed E-state index contributed by atoms with van der Waals surface area (Å²) < 4.78 is 53.8. The van der Waals surface area contributed by atoms with Crippen LogP contribution in [0.15, 0.2) is 83.0 Å². The number of halogens is 2. The third kappa shape index (κ3) is 4.87. The Balaban J connectivity index is 1.83. The number of para-hydroxylation sites is 2. The molecule has 2 amide bonds. The molecular weight excluding hydrogens is 482 g/mol. The Bertz CT molecular complexity index is 1490. The number of Topliss-reactive ketones (excluding diaryl/α,β-unsaturated/α-hetero) is 2. The average Bonchev–Trinajstić information content (AvgIpc) is 3.21. The van der Waals surface area contributed by atoms with Gasteiger partial charge in [0.15, 0.2) is 0 Å². The van der Waals surface area contributed by atoms with Crippen molar-refractivity contribution in [3.8, 4) is 0 Å². The van der Waals surface area contributed by atoms with Gasteiger partial charge in [0, 0.05) is 17.2 Å². The molecule has 3 aromatic rings. The molecule has 5 N–H and O–H groups in total. The predicted molar refractivity (Wildman–Crippen MR) is 122 cm³/mol. The molecular formula is C23H16F2N4O5S. The lowest BCUT2D eigenvalue weighted by atomic mass is 9.95. The molecule has 0 unspecified atom stereocenters. The Labute approximate surface area is 197 Å². The van der Waals surface area contributed by atoms with Crippen molar-refractivity contribution in [2.24, 2.45) is 5.73 Å². The summed E-state index contributed by atoms with van der Waals surface area (Å²) in [6.07, 6.45) is 0. The van der Waals surface area contributed by atoms with E-state index in [0.29, 0.717) is 17.4 Å². The van der Waals surface area contributed by atoms with E-state index in [1.54, 1.807) is 29.0 Å². The van der Waals surface area contributed by atoms with Crippen LogP contribution in [-0.2, 0) is 10.0 Å². The highest BCUT2D eigenvalue weighted by molar-refractivity contribution is 7.90. The Morgan fingerprint density at radius 2 is 1.34 bits per heavy atom. The summed E-state index contributed by atoms with van der Waals surface area (Å²) in [6.45, 7) is 0. The van der Waals surface area contributed by atoms with Gasteiger partial charge >= 0.3 is 6.03 Å². The maximum absolute atomic E-state index is 13.8. The molecule has 1 aliphatic heterocycles. The number of benzene rings is 3. The minimum absolute atomic E-state index is 0.0607. The van der Waals surface area contributed by atoms with E-state index in [4.69, 9.17) is 5.73 Å². The minimum atomic E-state index is -4.40. The molecule has 4 rings (SSSR count). The zero-order valence-electron chi connectivity index (χ0n) is 17.6. The number of hydrogen-bond donors (Lipinski definition) is 4. The van der Waals surface area contributed by atoms with Gasteiger partial charge in [-0.1, -0.05) is 24.3 Å². The van der Waals surface area contributed by atoms with Crippen LogP contribution in [-0.4, -0.2) is 26.0 Å². The molecule has 0 bridgehead atoms. The molecule has 0 atom stereocenters. The van der Waals surface area contributed by atoms with Crippen LogP contribution in [0.3, 0.4) is 0 Å². The van der Waals surface area contributed by atoms with Crippen LogP contribution in [0, 0.1) is 11.6 Å². The van der Waals surface area contributed by atoms with Crippen molar-refractivity contribution in [2.45, 2.75) is 4.90 Å². The van der Waals surface area contributed by atoms with E-state index in [9.17, 15) is 31.6 Å². The van der Waals surface area contributed by atoms with Gasteiger partial charge in [0.2, 0.25) is 11.6 Å². The fourth-order valence-electron chi connectivity index (χ4n) is 3.43. The average molecular weight is 498 g/mol. The number of primary amides is 1. The molecule has 0 aromatic heterocycles. The summed E-state index contributed by atoms with van der Waals surface area (Å²) in [4.78, 5) is 37.4. The molecule has 9 nitrogen and oxygen atoms in total. The van der Waals surface area contributed by atoms with Crippen LogP contribution in [0.4, 0.5) is 25.0 Å². The lowest BCUT2D eigenvalue weighted by Crippen LogP contribution is -2.35. The number of nitrogens with two attached hydrogens (primary N) is 1. The number of urea groups is 1. The van der Waals surface area contributed by atoms with Crippen molar-refractivity contribution in [2.75, 3.05) is 10.6 Å². The van der Waals surface area contributed by atoms with Crippen molar-refractivity contribution < 1.29 is 31.6 Å². The van der Waals surface area contributed by atoms with Gasteiger partial charge < -0.3 is 16.4 Å². The van der Waals surface area contributed by atoms with Gasteiger partial charge in [0.05, 0.1) is 16.3 Å². The first kappa shape index (κ1) is 23.6. The monoisotopic (exact) mass is 498 g/mol. The van der Waals surface area contributed by atoms with E-state index >= 15 is 0 Å². The van der Waals surface area contributed by atoms with Crippen molar-refractivity contribution >= 4 is 39.0 Å². The Hall–Kier alpha value is -4.58. The standard InChI is InChI=1S/C23H16F2N4O5S/c24-14-8-13(9-15(25)11-14)21(31)19(22-27-17-6-1-2-7-18(17)28-22)20(30)12-4-3-5-16(10-12)35(33,34)29-23(26)32/h1-11,27-28H,(H3,26,29,32). The van der Waals surface area contributed by atoms with Crippen LogP contribution < -0.4 is 21.1 Å². The number of fused-ring (bicyclic) bond motifs is 1. The van der Waals surface area contributed by atoms with E-state index in [-0.39, 0.29) is 11.4 Å². The summed E-state index contributed by atoms with van der Waals surface area (Å²) in [6, 6.07) is 12.1. The summed E-state index contributed by atoms with van der Waals surface area (Å²) in [7, 11) is -4.40. The fraction of sp³-hybridized carbons (Fsp3) is 0. The maximum Gasteiger partial charge on any atom is 0.326 e. The highest BCUT2D eigenvalue weighted by Gasteiger charge is 2.30. The van der Waals surface area contributed by atoms with Crippen molar-refractivity contribution in [3.05, 3.63) is 101 Å². The van der Waals surface area contributed by atoms with Crippen molar-refractivity contribution in [1.82, 2.24) is 4.72 Å². The smallest absolute Gasteiger partial charge is 0.326 e. The van der Waals surface area contributed by atoms with Crippen LogP contribution in [0.5, 0.6) is 0 Å². The third-order valence-corrected chi connectivity index (χ3v) is 6.26. The van der Waals surface area contributed by atoms with E-state index in [2.05, 4.69) is 10.6 Å². The number of nitrogens with one attached hydrogen (secondary N) is 3. The summed E-state index contributed by atoms with van der Waals surface area (Å²) in [5, 5.41) is 5.77. The van der Waals surface area contributed by atoms with Crippen LogP contribution in [0.2, 0.25) is 0 Å². The molecule has 0 radical (unpaired) electrons. The van der Waals surface area contributed by atoms with Crippen LogP contribution in [0.1, 0.15) is 20.7 Å². The lowest BCUT2D eigenvalue weighted by molar-refractivity contribution is 0.0960. The zero-order valence-corrected chi connectivity index (χ0v) is 18.5. The van der Waals surface area contributed by atoms with Crippen LogP contribution in [0.25, 0.3) is 0 Å². The van der Waals surface area contributed by atoms with E-state index in [1.807, 2.05) is 0 Å². The summed E-state index contributed by atoms with van der Waals surface area (Å²) in [5.41, 5.74) is 4.76. The molecule has 0 fully saturated rings. The molecule has 12 heteroatoms. The van der Waals surface area contributed by atoms with Crippen molar-refractivity contribution in [1.29, 1.82) is 0 Å². The third-order valence-electron chi connectivity index (χ3n) is 4.92. The van der Waals surface area contributed by atoms with Gasteiger partial charge in [0.1, 0.15) is 23.0 Å². The number of allylic oxidation sites excluding steroid dienone is 1. The number of carbonyl (C=O) groups excluding carboxylic acids is 3. The van der Waals surface area contributed by atoms with E-state index in [0.717, 1.165) is 24.3 Å². The highest BCUT2D eigenvalue weighted by Crippen LogP contribution is 2.33. The fourth-order valence-corrected chi connectivity index (χ4v) is 4.35. The quantitative estimate of drug-likeness (QED) is 0.177. The summed E-state index contributed by atoms with van der Waals surface area (Å²) >= 11 is 0. The molecule has 0 spiro atoms. The summed E-state index contributed by atoms with van der Waals surface area (Å²) in [5.74, 6) is -4.06. The first-order valence-corrected chi connectivity index (χ1v) is 11.4. The number of ketones is 2. The van der Waals surface area contributed by atoms with Gasteiger partial charge in [-0.2, -0.15) is 0 Å².